The lowest BCUT2D eigenvalue weighted by molar-refractivity contribution is 0.192. The Morgan fingerprint density at radius 3 is 2.79 bits per heavy atom. The normalized spacial score (nSPS) is 27.3. The summed E-state index contributed by atoms with van der Waals surface area (Å²) in [7, 11) is 0. The minimum Gasteiger partial charge on any atom is -0.380 e. The molecule has 3 heteroatoms. The SMILES string of the molecule is Cc1cc(C)c(NC2CCN3CCCCC23)c(Br)c1. The van der Waals surface area contributed by atoms with Gasteiger partial charge in [-0.25, -0.2) is 0 Å². The van der Waals surface area contributed by atoms with Crippen LogP contribution in [0.25, 0.3) is 0 Å². The zero-order chi connectivity index (χ0) is 13.4. The number of aryl methyl sites for hydroxylation is 2. The second kappa shape index (κ2) is 5.45. The van der Waals surface area contributed by atoms with E-state index in [2.05, 4.69) is 52.1 Å². The van der Waals surface area contributed by atoms with Gasteiger partial charge in [0.05, 0.1) is 5.69 Å². The molecule has 0 saturated carbocycles. The fourth-order valence-corrected chi connectivity index (χ4v) is 4.49. The van der Waals surface area contributed by atoms with Gasteiger partial charge in [-0.15, -0.1) is 0 Å². The Morgan fingerprint density at radius 2 is 2.00 bits per heavy atom. The second-order valence-electron chi connectivity index (χ2n) is 6.08. The molecule has 0 aliphatic carbocycles. The van der Waals surface area contributed by atoms with Gasteiger partial charge in [-0.05, 0) is 72.8 Å². The Morgan fingerprint density at radius 1 is 1.16 bits per heavy atom. The van der Waals surface area contributed by atoms with Crippen molar-refractivity contribution in [3.05, 3.63) is 27.7 Å². The van der Waals surface area contributed by atoms with Gasteiger partial charge in [-0.3, -0.25) is 4.90 Å². The third-order valence-electron chi connectivity index (χ3n) is 4.62. The number of piperidine rings is 1. The predicted molar refractivity (Wildman–Crippen MR) is 84.9 cm³/mol. The molecule has 2 atom stereocenters. The highest BCUT2D eigenvalue weighted by atomic mass is 79.9. The number of nitrogens with zero attached hydrogens (tertiary/aromatic N) is 1. The minimum absolute atomic E-state index is 0.623. The molecule has 1 aromatic carbocycles. The van der Waals surface area contributed by atoms with E-state index in [0.29, 0.717) is 6.04 Å². The van der Waals surface area contributed by atoms with Crippen molar-refractivity contribution in [1.29, 1.82) is 0 Å². The van der Waals surface area contributed by atoms with Crippen molar-refractivity contribution < 1.29 is 0 Å². The molecule has 0 radical (unpaired) electrons. The smallest absolute Gasteiger partial charge is 0.0517 e. The van der Waals surface area contributed by atoms with Crippen LogP contribution in [0.15, 0.2) is 16.6 Å². The largest absolute Gasteiger partial charge is 0.380 e. The summed E-state index contributed by atoms with van der Waals surface area (Å²) in [5.41, 5.74) is 3.96. The average Bonchev–Trinajstić information content (AvgIpc) is 2.77. The standard InChI is InChI=1S/C16H23BrN2/c1-11-9-12(2)16(13(17)10-11)18-14-6-8-19-7-4-3-5-15(14)19/h9-10,14-15,18H,3-8H2,1-2H3. The third-order valence-corrected chi connectivity index (χ3v) is 5.24. The predicted octanol–water partition coefficient (Wildman–Crippen LogP) is 4.10. The zero-order valence-corrected chi connectivity index (χ0v) is 13.5. The van der Waals surface area contributed by atoms with Crippen LogP contribution in [0.1, 0.15) is 36.8 Å². The van der Waals surface area contributed by atoms with E-state index in [0.717, 1.165) is 6.04 Å². The van der Waals surface area contributed by atoms with Gasteiger partial charge in [0, 0.05) is 23.1 Å². The maximum atomic E-state index is 3.82. The van der Waals surface area contributed by atoms with Crippen LogP contribution >= 0.6 is 15.9 Å². The second-order valence-corrected chi connectivity index (χ2v) is 6.93. The number of anilines is 1. The summed E-state index contributed by atoms with van der Waals surface area (Å²) in [6.07, 6.45) is 5.43. The van der Waals surface area contributed by atoms with Gasteiger partial charge in [0.15, 0.2) is 0 Å². The third kappa shape index (κ3) is 2.68. The molecule has 2 nitrogen and oxygen atoms in total. The molecule has 0 aromatic heterocycles. The van der Waals surface area contributed by atoms with Gasteiger partial charge in [0.25, 0.3) is 0 Å². The molecule has 2 heterocycles. The van der Waals surface area contributed by atoms with Crippen molar-refractivity contribution >= 4 is 21.6 Å². The van der Waals surface area contributed by atoms with E-state index < -0.39 is 0 Å². The highest BCUT2D eigenvalue weighted by Gasteiger charge is 2.35. The summed E-state index contributed by atoms with van der Waals surface area (Å²) >= 11 is 3.72. The molecule has 2 saturated heterocycles. The van der Waals surface area contributed by atoms with Crippen molar-refractivity contribution in [3.8, 4) is 0 Å². The van der Waals surface area contributed by atoms with Crippen LogP contribution in [-0.4, -0.2) is 30.1 Å². The lowest BCUT2D eigenvalue weighted by Crippen LogP contribution is -2.41. The minimum atomic E-state index is 0.623. The van der Waals surface area contributed by atoms with E-state index in [1.165, 1.54) is 60.1 Å². The quantitative estimate of drug-likeness (QED) is 0.881. The molecule has 0 bridgehead atoms. The molecule has 19 heavy (non-hydrogen) atoms. The van der Waals surface area contributed by atoms with Crippen LogP contribution < -0.4 is 5.32 Å². The fourth-order valence-electron chi connectivity index (χ4n) is 3.70. The number of nitrogens with one attached hydrogen (secondary N) is 1. The number of halogens is 1. The van der Waals surface area contributed by atoms with Crippen molar-refractivity contribution in [2.45, 2.75) is 51.6 Å². The van der Waals surface area contributed by atoms with E-state index in [4.69, 9.17) is 0 Å². The molecular formula is C16H23BrN2. The Hall–Kier alpha value is -0.540. The van der Waals surface area contributed by atoms with Gasteiger partial charge in [0.1, 0.15) is 0 Å². The van der Waals surface area contributed by atoms with Crippen molar-refractivity contribution in [2.24, 2.45) is 0 Å². The summed E-state index contributed by atoms with van der Waals surface area (Å²) in [6.45, 7) is 6.93. The first kappa shape index (κ1) is 13.4. The molecular weight excluding hydrogens is 300 g/mol. The van der Waals surface area contributed by atoms with Crippen LogP contribution in [0, 0.1) is 13.8 Å². The molecule has 104 valence electrons. The first-order valence-corrected chi connectivity index (χ1v) is 8.22. The van der Waals surface area contributed by atoms with Crippen molar-refractivity contribution in [2.75, 3.05) is 18.4 Å². The lowest BCUT2D eigenvalue weighted by Gasteiger charge is -2.33. The van der Waals surface area contributed by atoms with E-state index in [-0.39, 0.29) is 0 Å². The summed E-state index contributed by atoms with van der Waals surface area (Å²) < 4.78 is 1.21. The number of hydrogen-bond donors (Lipinski definition) is 1. The Balaban J connectivity index is 1.78. The van der Waals surface area contributed by atoms with Gasteiger partial charge < -0.3 is 5.32 Å². The monoisotopic (exact) mass is 322 g/mol. The molecule has 2 aliphatic rings. The van der Waals surface area contributed by atoms with Crippen molar-refractivity contribution in [1.82, 2.24) is 4.90 Å². The van der Waals surface area contributed by atoms with E-state index >= 15 is 0 Å². The first-order chi connectivity index (χ1) is 9.15. The summed E-state index contributed by atoms with van der Waals surface area (Å²) in [6, 6.07) is 5.85. The van der Waals surface area contributed by atoms with Crippen LogP contribution in [0.3, 0.4) is 0 Å². The van der Waals surface area contributed by atoms with Gasteiger partial charge in [-0.2, -0.15) is 0 Å². The van der Waals surface area contributed by atoms with Gasteiger partial charge in [0.2, 0.25) is 0 Å². The molecule has 2 unspecified atom stereocenters. The lowest BCUT2D eigenvalue weighted by atomic mass is 9.98. The van der Waals surface area contributed by atoms with Gasteiger partial charge >= 0.3 is 0 Å². The molecule has 2 fully saturated rings. The van der Waals surface area contributed by atoms with Crippen LogP contribution in [0.4, 0.5) is 5.69 Å². The zero-order valence-electron chi connectivity index (χ0n) is 11.9. The van der Waals surface area contributed by atoms with E-state index in [1.54, 1.807) is 0 Å². The number of fused-ring (bicyclic) bond motifs is 1. The summed E-state index contributed by atoms with van der Waals surface area (Å²) in [4.78, 5) is 2.68. The van der Waals surface area contributed by atoms with Crippen LogP contribution in [0.2, 0.25) is 0 Å². The van der Waals surface area contributed by atoms with E-state index in [9.17, 15) is 0 Å². The molecule has 2 aliphatic heterocycles. The average molecular weight is 323 g/mol. The summed E-state index contributed by atoms with van der Waals surface area (Å²) in [5.74, 6) is 0. The topological polar surface area (TPSA) is 15.3 Å². The first-order valence-electron chi connectivity index (χ1n) is 7.42. The number of benzene rings is 1. The van der Waals surface area contributed by atoms with Crippen LogP contribution in [-0.2, 0) is 0 Å². The number of rotatable bonds is 2. The molecule has 0 amide bonds. The molecule has 3 rings (SSSR count). The maximum Gasteiger partial charge on any atom is 0.0517 e. The highest BCUT2D eigenvalue weighted by molar-refractivity contribution is 9.10. The Bertz CT molecular complexity index is 449. The van der Waals surface area contributed by atoms with Crippen molar-refractivity contribution in [3.63, 3.8) is 0 Å². The summed E-state index contributed by atoms with van der Waals surface area (Å²) in [5, 5.41) is 3.82. The van der Waals surface area contributed by atoms with Gasteiger partial charge in [-0.1, -0.05) is 12.5 Å². The fraction of sp³-hybridized carbons (Fsp3) is 0.625. The Labute approximate surface area is 124 Å². The highest BCUT2D eigenvalue weighted by Crippen LogP contribution is 2.33. The van der Waals surface area contributed by atoms with Crippen LogP contribution in [0.5, 0.6) is 0 Å². The maximum absolute atomic E-state index is 3.82. The Kier molecular flexibility index (Phi) is 3.86. The molecule has 1 aromatic rings. The molecule has 1 N–H and O–H groups in total. The molecule has 0 spiro atoms. The number of hydrogen-bond acceptors (Lipinski definition) is 2. The van der Waals surface area contributed by atoms with E-state index in [1.807, 2.05) is 0 Å².